The Hall–Kier alpha value is -3.96. The van der Waals surface area contributed by atoms with E-state index in [2.05, 4.69) is 63.6 Å². The van der Waals surface area contributed by atoms with Gasteiger partial charge in [0, 0.05) is 38.2 Å². The van der Waals surface area contributed by atoms with Crippen molar-refractivity contribution in [1.82, 2.24) is 14.7 Å². The van der Waals surface area contributed by atoms with Crippen LogP contribution in [0.25, 0.3) is 11.1 Å². The highest BCUT2D eigenvalue weighted by Crippen LogP contribution is 2.38. The molecule has 0 bridgehead atoms. The van der Waals surface area contributed by atoms with E-state index in [9.17, 15) is 9.59 Å². The highest BCUT2D eigenvalue weighted by atomic mass is 19.1. The van der Waals surface area contributed by atoms with Gasteiger partial charge in [-0.2, -0.15) is 5.10 Å². The normalized spacial score (nSPS) is 21.4. The monoisotopic (exact) mass is 513 g/mol. The lowest BCUT2D eigenvalue weighted by Gasteiger charge is -2.43. The van der Waals surface area contributed by atoms with Crippen LogP contribution in [0.15, 0.2) is 60.8 Å². The summed E-state index contributed by atoms with van der Waals surface area (Å²) >= 11 is 0. The van der Waals surface area contributed by atoms with Crippen LogP contribution in [0.1, 0.15) is 48.5 Å². The number of piperidine rings is 1. The lowest BCUT2D eigenvalue weighted by Crippen LogP contribution is -2.54. The van der Waals surface area contributed by atoms with Gasteiger partial charge in [0.05, 0.1) is 0 Å². The first-order valence-corrected chi connectivity index (χ1v) is 13.0. The van der Waals surface area contributed by atoms with E-state index in [-0.39, 0.29) is 36.2 Å². The summed E-state index contributed by atoms with van der Waals surface area (Å²) in [6.07, 6.45) is 2.47. The molecule has 8 heteroatoms. The number of aromatic nitrogens is 2. The number of alkyl halides is 1. The fourth-order valence-corrected chi connectivity index (χ4v) is 5.05. The van der Waals surface area contributed by atoms with Crippen molar-refractivity contribution in [2.75, 3.05) is 18.4 Å². The Balaban J connectivity index is 1.34. The predicted molar refractivity (Wildman–Crippen MR) is 145 cm³/mol. The van der Waals surface area contributed by atoms with E-state index in [1.165, 1.54) is 10.9 Å². The number of hydrogen-bond acceptors (Lipinski definition) is 4. The van der Waals surface area contributed by atoms with Gasteiger partial charge in [-0.3, -0.25) is 19.2 Å². The molecular formula is C30H32FN5O2. The zero-order valence-corrected chi connectivity index (χ0v) is 21.5. The van der Waals surface area contributed by atoms with E-state index in [0.29, 0.717) is 19.5 Å². The molecular weight excluding hydrogens is 481 g/mol. The summed E-state index contributed by atoms with van der Waals surface area (Å²) in [6, 6.07) is 18.5. The summed E-state index contributed by atoms with van der Waals surface area (Å²) in [4.78, 5) is 26.6. The van der Waals surface area contributed by atoms with Gasteiger partial charge >= 0.3 is 0 Å². The molecule has 0 radical (unpaired) electrons. The van der Waals surface area contributed by atoms with Crippen molar-refractivity contribution in [1.29, 1.82) is 0 Å². The molecule has 2 atom stereocenters. The third kappa shape index (κ3) is 5.34. The lowest BCUT2D eigenvalue weighted by molar-refractivity contribution is -0.117. The fraction of sp³-hybridized carbons (Fsp3) is 0.367. The molecule has 2 amide bonds. The van der Waals surface area contributed by atoms with Gasteiger partial charge in [0.2, 0.25) is 5.91 Å². The summed E-state index contributed by atoms with van der Waals surface area (Å²) in [5.74, 6) is 5.01. The molecule has 7 nitrogen and oxygen atoms in total. The zero-order chi connectivity index (χ0) is 26.7. The van der Waals surface area contributed by atoms with Gasteiger partial charge in [0.25, 0.3) is 5.91 Å². The number of amides is 2. The molecule has 2 aliphatic rings. The van der Waals surface area contributed by atoms with Crippen molar-refractivity contribution >= 4 is 17.6 Å². The molecule has 1 aliphatic carbocycles. The molecule has 2 heterocycles. The smallest absolute Gasteiger partial charge is 0.254 e. The number of nitrogens with two attached hydrogens (primary N) is 1. The molecule has 2 fully saturated rings. The Morgan fingerprint density at radius 2 is 1.84 bits per heavy atom. The van der Waals surface area contributed by atoms with Crippen molar-refractivity contribution in [2.45, 2.75) is 50.9 Å². The zero-order valence-electron chi connectivity index (χ0n) is 21.5. The summed E-state index contributed by atoms with van der Waals surface area (Å²) in [5, 5.41) is 7.20. The molecule has 2 aromatic carbocycles. The van der Waals surface area contributed by atoms with Gasteiger partial charge in [-0.1, -0.05) is 54.6 Å². The Morgan fingerprint density at radius 1 is 1.13 bits per heavy atom. The maximum atomic E-state index is 16.1. The minimum atomic E-state index is -1.30. The van der Waals surface area contributed by atoms with Crippen LogP contribution in [0.3, 0.4) is 0 Å². The van der Waals surface area contributed by atoms with E-state index in [1.807, 2.05) is 18.2 Å². The summed E-state index contributed by atoms with van der Waals surface area (Å²) in [6.45, 7) is 3.16. The minimum absolute atomic E-state index is 0.0697. The number of carbonyl (C=O) groups excluding carboxylic acids is 2. The summed E-state index contributed by atoms with van der Waals surface area (Å²) in [5.41, 5.74) is 8.01. The van der Waals surface area contributed by atoms with Crippen LogP contribution in [0.2, 0.25) is 0 Å². The van der Waals surface area contributed by atoms with Crippen LogP contribution in [0, 0.1) is 17.8 Å². The SMILES string of the molecule is CC#CCC1(n2cc(C(N)=O)c(NC(=O)C3CC3)n2)CCN(Cc2ccc(-c3ccccc3)cc2)CC1F. The second-order valence-electron chi connectivity index (χ2n) is 10.2. The maximum Gasteiger partial charge on any atom is 0.254 e. The average molecular weight is 514 g/mol. The summed E-state index contributed by atoms with van der Waals surface area (Å²) < 4.78 is 17.6. The first kappa shape index (κ1) is 25.7. The van der Waals surface area contributed by atoms with Crippen molar-refractivity contribution in [3.8, 4) is 23.0 Å². The summed E-state index contributed by atoms with van der Waals surface area (Å²) in [7, 11) is 0. The number of benzene rings is 2. The van der Waals surface area contributed by atoms with Crippen molar-refractivity contribution in [2.24, 2.45) is 11.7 Å². The molecule has 196 valence electrons. The Bertz CT molecular complexity index is 1370. The molecule has 2 unspecified atom stereocenters. The Labute approximate surface area is 222 Å². The van der Waals surface area contributed by atoms with Gasteiger partial charge in [-0.05, 0) is 42.9 Å². The van der Waals surface area contributed by atoms with E-state index in [0.717, 1.165) is 29.5 Å². The fourth-order valence-electron chi connectivity index (χ4n) is 5.05. The number of hydrogen-bond donors (Lipinski definition) is 2. The molecule has 3 aromatic rings. The number of likely N-dealkylation sites (tertiary alicyclic amines) is 1. The van der Waals surface area contributed by atoms with Gasteiger partial charge in [-0.25, -0.2) is 4.39 Å². The first-order chi connectivity index (χ1) is 18.4. The largest absolute Gasteiger partial charge is 0.365 e. The van der Waals surface area contributed by atoms with Gasteiger partial charge < -0.3 is 11.1 Å². The van der Waals surface area contributed by atoms with Gasteiger partial charge in [0.1, 0.15) is 17.3 Å². The van der Waals surface area contributed by atoms with E-state index < -0.39 is 17.6 Å². The Morgan fingerprint density at radius 3 is 2.47 bits per heavy atom. The number of rotatable bonds is 8. The van der Waals surface area contributed by atoms with Crippen molar-refractivity contribution < 1.29 is 14.0 Å². The highest BCUT2D eigenvalue weighted by Gasteiger charge is 2.46. The molecule has 1 aromatic heterocycles. The molecule has 3 N–H and O–H groups in total. The number of nitrogens with one attached hydrogen (secondary N) is 1. The number of carbonyl (C=O) groups is 2. The number of halogens is 1. The number of anilines is 1. The van der Waals surface area contributed by atoms with Crippen molar-refractivity contribution in [3.05, 3.63) is 71.9 Å². The topological polar surface area (TPSA) is 93.2 Å². The van der Waals surface area contributed by atoms with Crippen LogP contribution in [0.4, 0.5) is 10.2 Å². The predicted octanol–water partition coefficient (Wildman–Crippen LogP) is 4.35. The maximum absolute atomic E-state index is 16.1. The minimum Gasteiger partial charge on any atom is -0.365 e. The third-order valence-electron chi connectivity index (χ3n) is 7.53. The van der Waals surface area contributed by atoms with Crippen LogP contribution in [0.5, 0.6) is 0 Å². The van der Waals surface area contributed by atoms with Crippen molar-refractivity contribution in [3.63, 3.8) is 0 Å². The highest BCUT2D eigenvalue weighted by molar-refractivity contribution is 6.02. The van der Waals surface area contributed by atoms with E-state index in [1.54, 1.807) is 6.92 Å². The van der Waals surface area contributed by atoms with Crippen LogP contribution >= 0.6 is 0 Å². The van der Waals surface area contributed by atoms with Crippen LogP contribution < -0.4 is 11.1 Å². The van der Waals surface area contributed by atoms with Gasteiger partial charge in [0.15, 0.2) is 5.82 Å². The molecule has 0 spiro atoms. The molecule has 1 saturated heterocycles. The van der Waals surface area contributed by atoms with Crippen LogP contribution in [-0.4, -0.2) is 45.8 Å². The first-order valence-electron chi connectivity index (χ1n) is 13.0. The third-order valence-corrected chi connectivity index (χ3v) is 7.53. The molecule has 38 heavy (non-hydrogen) atoms. The van der Waals surface area contributed by atoms with E-state index >= 15 is 4.39 Å². The van der Waals surface area contributed by atoms with E-state index in [4.69, 9.17) is 5.73 Å². The molecule has 1 aliphatic heterocycles. The average Bonchev–Trinajstić information content (AvgIpc) is 3.69. The quantitative estimate of drug-likeness (QED) is 0.438. The second kappa shape index (κ2) is 10.8. The lowest BCUT2D eigenvalue weighted by atomic mass is 9.82. The standard InChI is InChI=1S/C30H32FN5O2/c1-2-3-15-30(36-19-25(27(32)37)28(34-36)33-29(38)24-13-14-24)16-17-35(20-26(30)31)18-21-9-11-23(12-10-21)22-7-5-4-6-8-22/h4-12,19,24,26H,13-18,20H2,1H3,(H2,32,37)(H,33,34,38). The Kier molecular flexibility index (Phi) is 7.30. The van der Waals surface area contributed by atoms with Crippen LogP contribution in [-0.2, 0) is 16.9 Å². The second-order valence-corrected chi connectivity index (χ2v) is 10.2. The molecule has 5 rings (SSSR count). The number of nitrogens with zero attached hydrogens (tertiary/aromatic N) is 3. The number of primary amides is 1. The molecule has 1 saturated carbocycles. The van der Waals surface area contributed by atoms with Gasteiger partial charge in [-0.15, -0.1) is 11.8 Å².